The van der Waals surface area contributed by atoms with Crippen LogP contribution >= 0.6 is 23.1 Å². The van der Waals surface area contributed by atoms with Gasteiger partial charge in [-0.15, -0.1) is 0 Å². The van der Waals surface area contributed by atoms with E-state index >= 15 is 0 Å². The number of methoxy groups -OCH3 is 1. The van der Waals surface area contributed by atoms with Crippen LogP contribution in [0.15, 0.2) is 35.6 Å². The van der Waals surface area contributed by atoms with Gasteiger partial charge in [0.25, 0.3) is 0 Å². The van der Waals surface area contributed by atoms with Crippen molar-refractivity contribution in [2.45, 2.75) is 24.8 Å². The van der Waals surface area contributed by atoms with Crippen molar-refractivity contribution in [1.29, 1.82) is 0 Å². The van der Waals surface area contributed by atoms with E-state index in [0.717, 1.165) is 33.9 Å². The van der Waals surface area contributed by atoms with E-state index in [9.17, 15) is 9.59 Å². The number of piperidine rings is 1. The molecule has 0 aliphatic carbocycles. The smallest absolute Gasteiger partial charge is 0.337 e. The quantitative estimate of drug-likeness (QED) is 0.339. The topological polar surface area (TPSA) is 97.3 Å². The summed E-state index contributed by atoms with van der Waals surface area (Å²) in [5.74, 6) is 0.396. The summed E-state index contributed by atoms with van der Waals surface area (Å²) in [6, 6.07) is 6.57. The fraction of sp³-hybridized carbons (Fsp3) is 0.381. The molecule has 31 heavy (non-hydrogen) atoms. The summed E-state index contributed by atoms with van der Waals surface area (Å²) in [7, 11) is 1.33. The maximum Gasteiger partial charge on any atom is 0.337 e. The number of amides is 1. The zero-order chi connectivity index (χ0) is 21.8. The minimum Gasteiger partial charge on any atom is -0.465 e. The molecular weight excluding hydrogens is 434 g/mol. The third kappa shape index (κ3) is 5.13. The molecule has 1 N–H and O–H groups in total. The van der Waals surface area contributed by atoms with Gasteiger partial charge in [-0.25, -0.2) is 14.8 Å². The van der Waals surface area contributed by atoms with E-state index < -0.39 is 5.97 Å². The first-order chi connectivity index (χ1) is 15.0. The lowest BCUT2D eigenvalue weighted by atomic mass is 10.00. The zero-order valence-corrected chi connectivity index (χ0v) is 19.0. The number of rotatable bonds is 6. The molecular formula is C21H23N5O3S2. The highest BCUT2D eigenvalue weighted by Crippen LogP contribution is 2.35. The van der Waals surface area contributed by atoms with Crippen LogP contribution in [-0.2, 0) is 9.53 Å². The molecule has 10 heteroatoms. The number of thiazole rings is 1. The molecule has 8 nitrogen and oxygen atoms in total. The molecule has 0 radical (unpaired) electrons. The first-order valence-corrected chi connectivity index (χ1v) is 11.8. The number of fused-ring (bicyclic) bond motifs is 1. The SMILES string of the molecule is COC(=O)c1ccc(NC(=O)CSc2ncnc3nc(N4CCC(C)CC4)sc23)cc1. The van der Waals surface area contributed by atoms with Crippen LogP contribution in [0.3, 0.4) is 0 Å². The fourth-order valence-corrected chi connectivity index (χ4v) is 5.24. The highest BCUT2D eigenvalue weighted by Gasteiger charge is 2.21. The average molecular weight is 458 g/mol. The number of carbonyl (C=O) groups excluding carboxylic acids is 2. The number of aromatic nitrogens is 3. The molecule has 0 spiro atoms. The first kappa shape index (κ1) is 21.5. The van der Waals surface area contributed by atoms with Crippen LogP contribution in [0, 0.1) is 5.92 Å². The molecule has 1 fully saturated rings. The van der Waals surface area contributed by atoms with Crippen molar-refractivity contribution in [2.24, 2.45) is 5.92 Å². The van der Waals surface area contributed by atoms with Crippen molar-refractivity contribution in [3.8, 4) is 0 Å². The number of nitrogens with zero attached hydrogens (tertiary/aromatic N) is 4. The van der Waals surface area contributed by atoms with Gasteiger partial charge in [0.1, 0.15) is 16.1 Å². The van der Waals surface area contributed by atoms with Gasteiger partial charge in [0.2, 0.25) is 5.91 Å². The number of thioether (sulfide) groups is 1. The Kier molecular flexibility index (Phi) is 6.67. The first-order valence-electron chi connectivity index (χ1n) is 10.0. The second-order valence-electron chi connectivity index (χ2n) is 7.40. The van der Waals surface area contributed by atoms with Crippen molar-refractivity contribution in [2.75, 3.05) is 36.2 Å². The van der Waals surface area contributed by atoms with Crippen LogP contribution in [0.2, 0.25) is 0 Å². The van der Waals surface area contributed by atoms with Gasteiger partial charge in [-0.3, -0.25) is 4.79 Å². The third-order valence-electron chi connectivity index (χ3n) is 5.13. The van der Waals surface area contributed by atoms with Crippen LogP contribution in [0.25, 0.3) is 10.3 Å². The molecule has 4 rings (SSSR count). The number of benzene rings is 1. The van der Waals surface area contributed by atoms with Gasteiger partial charge < -0.3 is 15.0 Å². The highest BCUT2D eigenvalue weighted by molar-refractivity contribution is 8.00. The minimum atomic E-state index is -0.413. The molecule has 1 aliphatic rings. The molecule has 0 atom stereocenters. The lowest BCUT2D eigenvalue weighted by Crippen LogP contribution is -2.32. The lowest BCUT2D eigenvalue weighted by Gasteiger charge is -2.29. The summed E-state index contributed by atoms with van der Waals surface area (Å²) in [5.41, 5.74) is 1.72. The summed E-state index contributed by atoms with van der Waals surface area (Å²) in [6.07, 6.45) is 3.84. The Labute approximate surface area is 188 Å². The summed E-state index contributed by atoms with van der Waals surface area (Å²) in [5, 5.41) is 4.56. The van der Waals surface area contributed by atoms with Crippen LogP contribution in [0.4, 0.5) is 10.8 Å². The van der Waals surface area contributed by atoms with Crippen LogP contribution in [-0.4, -0.2) is 52.8 Å². The highest BCUT2D eigenvalue weighted by atomic mass is 32.2. The normalized spacial score (nSPS) is 14.6. The van der Waals surface area contributed by atoms with Gasteiger partial charge in [0.15, 0.2) is 10.8 Å². The molecule has 2 aromatic heterocycles. The van der Waals surface area contributed by atoms with E-state index in [0.29, 0.717) is 16.9 Å². The molecule has 1 amide bonds. The maximum atomic E-state index is 12.4. The van der Waals surface area contributed by atoms with Crippen LogP contribution in [0.5, 0.6) is 0 Å². The molecule has 3 heterocycles. The fourth-order valence-electron chi connectivity index (χ4n) is 3.30. The van der Waals surface area contributed by atoms with E-state index in [4.69, 9.17) is 0 Å². The predicted molar refractivity (Wildman–Crippen MR) is 123 cm³/mol. The van der Waals surface area contributed by atoms with Crippen molar-refractivity contribution in [3.05, 3.63) is 36.2 Å². The van der Waals surface area contributed by atoms with Gasteiger partial charge >= 0.3 is 5.97 Å². The Morgan fingerprint density at radius 2 is 1.97 bits per heavy atom. The largest absolute Gasteiger partial charge is 0.465 e. The molecule has 0 bridgehead atoms. The molecule has 1 aliphatic heterocycles. The van der Waals surface area contributed by atoms with Crippen molar-refractivity contribution in [3.63, 3.8) is 0 Å². The maximum absolute atomic E-state index is 12.4. The van der Waals surface area contributed by atoms with Crippen LogP contribution < -0.4 is 10.2 Å². The van der Waals surface area contributed by atoms with Gasteiger partial charge in [-0.2, -0.15) is 4.98 Å². The van der Waals surface area contributed by atoms with Gasteiger partial charge in [-0.05, 0) is 43.0 Å². The monoisotopic (exact) mass is 457 g/mol. The molecule has 0 unspecified atom stereocenters. The summed E-state index contributed by atoms with van der Waals surface area (Å²) in [4.78, 5) is 39.6. The number of carbonyl (C=O) groups is 2. The number of anilines is 2. The van der Waals surface area contributed by atoms with E-state index in [1.165, 1.54) is 38.0 Å². The van der Waals surface area contributed by atoms with Crippen LogP contribution in [0.1, 0.15) is 30.1 Å². The molecule has 162 valence electrons. The predicted octanol–water partition coefficient (Wildman–Crippen LogP) is 3.84. The summed E-state index contributed by atoms with van der Waals surface area (Å²) < 4.78 is 5.59. The number of esters is 1. The van der Waals surface area contributed by atoms with E-state index in [-0.39, 0.29) is 11.7 Å². The van der Waals surface area contributed by atoms with Gasteiger partial charge in [0, 0.05) is 18.8 Å². The van der Waals surface area contributed by atoms with Crippen molar-refractivity contribution < 1.29 is 14.3 Å². The number of hydrogen-bond donors (Lipinski definition) is 1. The molecule has 0 saturated carbocycles. The van der Waals surface area contributed by atoms with E-state index in [1.807, 2.05) is 0 Å². The number of nitrogens with one attached hydrogen (secondary N) is 1. The Morgan fingerprint density at radius 1 is 1.23 bits per heavy atom. The molecule has 1 aromatic carbocycles. The van der Waals surface area contributed by atoms with E-state index in [1.54, 1.807) is 35.6 Å². The summed E-state index contributed by atoms with van der Waals surface area (Å²) >= 11 is 2.95. The number of hydrogen-bond acceptors (Lipinski definition) is 9. The van der Waals surface area contributed by atoms with Crippen molar-refractivity contribution in [1.82, 2.24) is 15.0 Å². The Bertz CT molecular complexity index is 1080. The Morgan fingerprint density at radius 3 is 2.68 bits per heavy atom. The van der Waals surface area contributed by atoms with Crippen molar-refractivity contribution >= 4 is 56.1 Å². The zero-order valence-electron chi connectivity index (χ0n) is 17.3. The molecule has 1 saturated heterocycles. The van der Waals surface area contributed by atoms with Gasteiger partial charge in [-0.1, -0.05) is 30.0 Å². The third-order valence-corrected chi connectivity index (χ3v) is 7.36. The molecule has 3 aromatic rings. The average Bonchev–Trinajstić information content (AvgIpc) is 3.23. The standard InChI is InChI=1S/C21H23N5O3S2/c1-13-7-9-26(10-8-13)21-25-18-17(31-21)19(23-12-22-18)30-11-16(27)24-15-5-3-14(4-6-15)20(28)29-2/h3-6,12-13H,7-11H2,1-2H3,(H,24,27). The second kappa shape index (κ2) is 9.61. The second-order valence-corrected chi connectivity index (χ2v) is 9.34. The van der Waals surface area contributed by atoms with Gasteiger partial charge in [0.05, 0.1) is 18.4 Å². The van der Waals surface area contributed by atoms with E-state index in [2.05, 4.69) is 36.8 Å². The lowest BCUT2D eigenvalue weighted by molar-refractivity contribution is -0.113. The number of ether oxygens (including phenoxy) is 1. The Balaban J connectivity index is 1.39. The summed E-state index contributed by atoms with van der Waals surface area (Å²) in [6.45, 7) is 4.30. The minimum absolute atomic E-state index is 0.155. The Hall–Kier alpha value is -2.72.